The molecule has 0 aromatic carbocycles. The van der Waals surface area contributed by atoms with Gasteiger partial charge < -0.3 is 5.11 Å². The maximum Gasteiger partial charge on any atom is 0.142 e. The van der Waals surface area contributed by atoms with E-state index < -0.39 is 0 Å². The van der Waals surface area contributed by atoms with Crippen LogP contribution in [0.2, 0.25) is 0 Å². The Morgan fingerprint density at radius 1 is 1.38 bits per heavy atom. The monoisotopic (exact) mass is 184 g/mol. The summed E-state index contributed by atoms with van der Waals surface area (Å²) in [6.45, 7) is 6.07. The summed E-state index contributed by atoms with van der Waals surface area (Å²) < 4.78 is 0. The minimum absolute atomic E-state index is 0.0618. The summed E-state index contributed by atoms with van der Waals surface area (Å²) in [5.74, 6) is 0.364. The van der Waals surface area contributed by atoms with Gasteiger partial charge >= 0.3 is 0 Å². The topological polar surface area (TPSA) is 37.3 Å². The van der Waals surface area contributed by atoms with Crippen LogP contribution in [0.1, 0.15) is 33.6 Å². The second-order valence-corrected chi connectivity index (χ2v) is 3.64. The highest BCUT2D eigenvalue weighted by Crippen LogP contribution is 2.18. The molecular formula is C11H20O2. The zero-order chi connectivity index (χ0) is 10.3. The smallest absolute Gasteiger partial charge is 0.142 e. The number of allylic oxidation sites excluding steroid dienone is 1. The van der Waals surface area contributed by atoms with E-state index in [0.29, 0.717) is 5.92 Å². The standard InChI is InChI=1S/C11H20O2/c1-4-6-9(2)11(13)10(3)7-5-8-12/h5,7-11,13H,4,6H2,1-3H3. The van der Waals surface area contributed by atoms with E-state index in [1.807, 2.05) is 13.8 Å². The van der Waals surface area contributed by atoms with Crippen molar-refractivity contribution in [2.24, 2.45) is 11.8 Å². The third-order valence-electron chi connectivity index (χ3n) is 2.36. The maximum absolute atomic E-state index is 10.1. The number of rotatable bonds is 6. The molecule has 0 aliphatic heterocycles. The quantitative estimate of drug-likeness (QED) is 0.507. The summed E-state index contributed by atoms with van der Waals surface area (Å²) in [6.07, 6.45) is 5.73. The van der Waals surface area contributed by atoms with Crippen molar-refractivity contribution in [3.8, 4) is 0 Å². The first-order chi connectivity index (χ1) is 6.13. The van der Waals surface area contributed by atoms with Crippen LogP contribution in [0.25, 0.3) is 0 Å². The summed E-state index contributed by atoms with van der Waals surface area (Å²) in [5, 5.41) is 9.78. The van der Waals surface area contributed by atoms with Crippen LogP contribution in [0.15, 0.2) is 12.2 Å². The van der Waals surface area contributed by atoms with Crippen molar-refractivity contribution in [2.75, 3.05) is 0 Å². The van der Waals surface area contributed by atoms with Crippen LogP contribution < -0.4 is 0 Å². The molecule has 0 fully saturated rings. The van der Waals surface area contributed by atoms with Crippen molar-refractivity contribution >= 4 is 6.29 Å². The minimum Gasteiger partial charge on any atom is -0.392 e. The van der Waals surface area contributed by atoms with E-state index in [4.69, 9.17) is 0 Å². The Balaban J connectivity index is 3.99. The van der Waals surface area contributed by atoms with Crippen LogP contribution in [0, 0.1) is 11.8 Å². The molecule has 2 nitrogen and oxygen atoms in total. The fourth-order valence-corrected chi connectivity index (χ4v) is 1.48. The Labute approximate surface area is 80.7 Å². The average Bonchev–Trinajstić information content (AvgIpc) is 2.13. The molecule has 0 aliphatic rings. The van der Waals surface area contributed by atoms with Gasteiger partial charge in [-0.1, -0.05) is 33.3 Å². The van der Waals surface area contributed by atoms with Gasteiger partial charge in [-0.2, -0.15) is 0 Å². The lowest BCUT2D eigenvalue weighted by atomic mass is 9.90. The van der Waals surface area contributed by atoms with Gasteiger partial charge in [0.15, 0.2) is 0 Å². The van der Waals surface area contributed by atoms with Gasteiger partial charge in [-0.05, 0) is 18.4 Å². The van der Waals surface area contributed by atoms with Crippen molar-refractivity contribution in [1.82, 2.24) is 0 Å². The van der Waals surface area contributed by atoms with Gasteiger partial charge in [0.1, 0.15) is 6.29 Å². The normalized spacial score (nSPS) is 18.5. The van der Waals surface area contributed by atoms with Gasteiger partial charge in [-0.25, -0.2) is 0 Å². The van der Waals surface area contributed by atoms with E-state index in [-0.39, 0.29) is 12.0 Å². The molecule has 0 rings (SSSR count). The number of aliphatic hydroxyl groups excluding tert-OH is 1. The molecule has 0 saturated carbocycles. The highest BCUT2D eigenvalue weighted by atomic mass is 16.3. The molecule has 0 aromatic rings. The molecule has 0 aromatic heterocycles. The van der Waals surface area contributed by atoms with Crippen molar-refractivity contribution in [3.05, 3.63) is 12.2 Å². The van der Waals surface area contributed by atoms with Gasteiger partial charge in [0.25, 0.3) is 0 Å². The lowest BCUT2D eigenvalue weighted by Crippen LogP contribution is -2.24. The van der Waals surface area contributed by atoms with Gasteiger partial charge in [0, 0.05) is 5.92 Å². The number of hydrogen-bond donors (Lipinski definition) is 1. The lowest BCUT2D eigenvalue weighted by Gasteiger charge is -2.22. The Hall–Kier alpha value is -0.630. The van der Waals surface area contributed by atoms with E-state index in [0.717, 1.165) is 19.1 Å². The molecule has 3 unspecified atom stereocenters. The lowest BCUT2D eigenvalue weighted by molar-refractivity contribution is -0.104. The first-order valence-corrected chi connectivity index (χ1v) is 4.93. The molecule has 0 radical (unpaired) electrons. The second kappa shape index (κ2) is 6.84. The number of aldehydes is 1. The van der Waals surface area contributed by atoms with E-state index >= 15 is 0 Å². The molecule has 0 spiro atoms. The molecule has 0 amide bonds. The van der Waals surface area contributed by atoms with Crippen molar-refractivity contribution in [3.63, 3.8) is 0 Å². The summed E-state index contributed by atoms with van der Waals surface area (Å²) in [7, 11) is 0. The van der Waals surface area contributed by atoms with Crippen molar-refractivity contribution in [1.29, 1.82) is 0 Å². The molecule has 0 aliphatic carbocycles. The SMILES string of the molecule is CCCC(C)C(O)C(C)C=CC=O. The first kappa shape index (κ1) is 12.4. The molecule has 13 heavy (non-hydrogen) atoms. The highest BCUT2D eigenvalue weighted by molar-refractivity contribution is 5.64. The van der Waals surface area contributed by atoms with Crippen LogP contribution in [0.4, 0.5) is 0 Å². The first-order valence-electron chi connectivity index (χ1n) is 4.93. The van der Waals surface area contributed by atoms with Gasteiger partial charge in [0.05, 0.1) is 6.10 Å². The van der Waals surface area contributed by atoms with Crippen LogP contribution in [-0.2, 0) is 4.79 Å². The summed E-state index contributed by atoms with van der Waals surface area (Å²) in [4.78, 5) is 10.1. The molecule has 0 heterocycles. The zero-order valence-corrected chi connectivity index (χ0v) is 8.73. The van der Waals surface area contributed by atoms with E-state index in [2.05, 4.69) is 6.92 Å². The molecule has 76 valence electrons. The fraction of sp³-hybridized carbons (Fsp3) is 0.727. The summed E-state index contributed by atoms with van der Waals surface area (Å²) in [5.41, 5.74) is 0. The molecule has 1 N–H and O–H groups in total. The van der Waals surface area contributed by atoms with Crippen molar-refractivity contribution < 1.29 is 9.90 Å². The molecule has 2 heteroatoms. The zero-order valence-electron chi connectivity index (χ0n) is 8.73. The number of carbonyl (C=O) groups excluding carboxylic acids is 1. The number of hydrogen-bond acceptors (Lipinski definition) is 2. The number of aliphatic hydroxyl groups is 1. The third kappa shape index (κ3) is 4.83. The highest BCUT2D eigenvalue weighted by Gasteiger charge is 2.17. The molecule has 3 atom stereocenters. The van der Waals surface area contributed by atoms with Crippen LogP contribution in [-0.4, -0.2) is 17.5 Å². The van der Waals surface area contributed by atoms with E-state index in [1.165, 1.54) is 6.08 Å². The van der Waals surface area contributed by atoms with E-state index in [1.54, 1.807) is 6.08 Å². The molecular weight excluding hydrogens is 164 g/mol. The Kier molecular flexibility index (Phi) is 6.51. The Bertz CT molecular complexity index is 163. The maximum atomic E-state index is 10.1. The fourth-order valence-electron chi connectivity index (χ4n) is 1.48. The summed E-state index contributed by atoms with van der Waals surface area (Å²) in [6, 6.07) is 0. The minimum atomic E-state index is -0.337. The van der Waals surface area contributed by atoms with Gasteiger partial charge in [-0.15, -0.1) is 0 Å². The summed E-state index contributed by atoms with van der Waals surface area (Å²) >= 11 is 0. The van der Waals surface area contributed by atoms with Crippen molar-refractivity contribution in [2.45, 2.75) is 39.7 Å². The van der Waals surface area contributed by atoms with Crippen LogP contribution >= 0.6 is 0 Å². The second-order valence-electron chi connectivity index (χ2n) is 3.64. The Morgan fingerprint density at radius 3 is 2.46 bits per heavy atom. The van der Waals surface area contributed by atoms with Crippen LogP contribution in [0.5, 0.6) is 0 Å². The van der Waals surface area contributed by atoms with Gasteiger partial charge in [-0.3, -0.25) is 4.79 Å². The number of carbonyl (C=O) groups is 1. The largest absolute Gasteiger partial charge is 0.392 e. The Morgan fingerprint density at radius 2 is 2.00 bits per heavy atom. The predicted octanol–water partition coefficient (Wildman–Crippen LogP) is 2.17. The third-order valence-corrected chi connectivity index (χ3v) is 2.36. The predicted molar refractivity (Wildman–Crippen MR) is 54.4 cm³/mol. The van der Waals surface area contributed by atoms with Gasteiger partial charge in [0.2, 0.25) is 0 Å². The van der Waals surface area contributed by atoms with E-state index in [9.17, 15) is 9.90 Å². The molecule has 0 saturated heterocycles. The molecule has 0 bridgehead atoms. The average molecular weight is 184 g/mol. The van der Waals surface area contributed by atoms with Crippen LogP contribution in [0.3, 0.4) is 0 Å².